The first-order chi connectivity index (χ1) is 11.4. The number of carbonyl (C=O) groups is 2. The maximum absolute atomic E-state index is 11.7. The molecule has 0 atom stereocenters. The Bertz CT molecular complexity index is 611. The summed E-state index contributed by atoms with van der Waals surface area (Å²) in [7, 11) is 1.31. The Labute approximate surface area is 143 Å². The average molecular weight is 331 g/mol. The van der Waals surface area contributed by atoms with Gasteiger partial charge in [-0.2, -0.15) is 0 Å². The van der Waals surface area contributed by atoms with Crippen molar-refractivity contribution in [3.8, 4) is 5.75 Å². The predicted octanol–water partition coefficient (Wildman–Crippen LogP) is 4.25. The fourth-order valence-corrected chi connectivity index (χ4v) is 1.92. The molecule has 5 nitrogen and oxygen atoms in total. The summed E-state index contributed by atoms with van der Waals surface area (Å²) < 4.78 is 9.74. The Kier molecular flexibility index (Phi) is 8.33. The first kappa shape index (κ1) is 19.5. The largest absolute Gasteiger partial charge is 0.465 e. The molecule has 0 spiro atoms. The zero-order chi connectivity index (χ0) is 17.9. The summed E-state index contributed by atoms with van der Waals surface area (Å²) in [6, 6.07) is 6.18. The van der Waals surface area contributed by atoms with Gasteiger partial charge in [-0.3, -0.25) is 0 Å². The van der Waals surface area contributed by atoms with Crippen LogP contribution in [0.1, 0.15) is 44.0 Å². The van der Waals surface area contributed by atoms with Gasteiger partial charge in [0.25, 0.3) is 0 Å². The van der Waals surface area contributed by atoms with Crippen molar-refractivity contribution in [2.24, 2.45) is 0 Å². The van der Waals surface area contributed by atoms with Crippen LogP contribution in [0.5, 0.6) is 5.75 Å². The summed E-state index contributed by atoms with van der Waals surface area (Å²) in [5, 5.41) is 2.67. The van der Waals surface area contributed by atoms with Crippen LogP contribution in [-0.4, -0.2) is 25.7 Å². The molecular formula is C19H25NO4. The molecule has 1 amide bonds. The van der Waals surface area contributed by atoms with Crippen molar-refractivity contribution in [3.63, 3.8) is 0 Å². The van der Waals surface area contributed by atoms with Crippen molar-refractivity contribution >= 4 is 12.1 Å². The van der Waals surface area contributed by atoms with Crippen molar-refractivity contribution in [2.75, 3.05) is 13.7 Å². The van der Waals surface area contributed by atoms with Crippen molar-refractivity contribution in [1.29, 1.82) is 0 Å². The lowest BCUT2D eigenvalue weighted by molar-refractivity contribution is 0.0600. The van der Waals surface area contributed by atoms with Crippen LogP contribution in [0, 0.1) is 0 Å². The van der Waals surface area contributed by atoms with Crippen LogP contribution in [0.25, 0.3) is 0 Å². The molecule has 0 aliphatic heterocycles. The molecular weight excluding hydrogens is 306 g/mol. The zero-order valence-electron chi connectivity index (χ0n) is 14.7. The molecule has 0 fully saturated rings. The van der Waals surface area contributed by atoms with Gasteiger partial charge in [0.2, 0.25) is 0 Å². The highest BCUT2D eigenvalue weighted by molar-refractivity contribution is 5.89. The number of methoxy groups -OCH3 is 1. The second-order valence-electron chi connectivity index (χ2n) is 5.66. The van der Waals surface area contributed by atoms with Crippen LogP contribution in [0.3, 0.4) is 0 Å². The molecule has 24 heavy (non-hydrogen) atoms. The van der Waals surface area contributed by atoms with E-state index in [1.165, 1.54) is 18.3 Å². The summed E-state index contributed by atoms with van der Waals surface area (Å²) in [6.45, 7) is 6.61. The summed E-state index contributed by atoms with van der Waals surface area (Å²) in [4.78, 5) is 23.0. The number of hydrogen-bond donors (Lipinski definition) is 1. The zero-order valence-corrected chi connectivity index (χ0v) is 14.7. The van der Waals surface area contributed by atoms with E-state index in [1.54, 1.807) is 24.3 Å². The number of esters is 1. The van der Waals surface area contributed by atoms with E-state index in [-0.39, 0.29) is 0 Å². The molecule has 1 rings (SSSR count). The van der Waals surface area contributed by atoms with Crippen molar-refractivity contribution < 1.29 is 19.1 Å². The number of rotatable bonds is 7. The molecule has 0 saturated heterocycles. The number of ether oxygens (including phenoxy) is 2. The molecule has 0 aliphatic rings. The van der Waals surface area contributed by atoms with Gasteiger partial charge in [0.05, 0.1) is 12.7 Å². The van der Waals surface area contributed by atoms with Gasteiger partial charge >= 0.3 is 12.1 Å². The summed E-state index contributed by atoms with van der Waals surface area (Å²) in [5.41, 5.74) is 2.93. The molecule has 1 N–H and O–H groups in total. The Hall–Kier alpha value is -2.56. The van der Waals surface area contributed by atoms with Crippen molar-refractivity contribution in [2.45, 2.75) is 33.6 Å². The molecule has 0 aromatic heterocycles. The van der Waals surface area contributed by atoms with E-state index in [2.05, 4.69) is 30.0 Å². The van der Waals surface area contributed by atoms with Crippen molar-refractivity contribution in [3.05, 3.63) is 53.1 Å². The Balaban J connectivity index is 2.38. The maximum atomic E-state index is 11.7. The van der Waals surface area contributed by atoms with Gasteiger partial charge in [-0.05, 0) is 57.9 Å². The highest BCUT2D eigenvalue weighted by Gasteiger charge is 2.07. The fraction of sp³-hybridized carbons (Fsp3) is 0.368. The van der Waals surface area contributed by atoms with Gasteiger partial charge in [-0.25, -0.2) is 9.59 Å². The molecule has 1 aromatic carbocycles. The highest BCUT2D eigenvalue weighted by atomic mass is 16.6. The minimum absolute atomic E-state index is 0.365. The molecule has 5 heteroatoms. The maximum Gasteiger partial charge on any atom is 0.412 e. The lowest BCUT2D eigenvalue weighted by Crippen LogP contribution is -2.27. The standard InChI is InChI=1S/C19H25NO4/c1-14(2)6-5-7-15(3)12-13-20-19(22)24-17-10-8-16(9-11-17)18(21)23-4/h6,8-12H,5,7,13H2,1-4H3,(H,20,22)/b15-12+. The molecule has 0 aliphatic carbocycles. The lowest BCUT2D eigenvalue weighted by Gasteiger charge is -2.06. The van der Waals surface area contributed by atoms with E-state index < -0.39 is 12.1 Å². The van der Waals surface area contributed by atoms with Gasteiger partial charge in [0, 0.05) is 6.54 Å². The van der Waals surface area contributed by atoms with Crippen LogP contribution in [0.15, 0.2) is 47.6 Å². The topological polar surface area (TPSA) is 64.6 Å². The van der Waals surface area contributed by atoms with Crippen molar-refractivity contribution in [1.82, 2.24) is 5.32 Å². The van der Waals surface area contributed by atoms with E-state index in [9.17, 15) is 9.59 Å². The molecule has 0 radical (unpaired) electrons. The monoisotopic (exact) mass is 331 g/mol. The SMILES string of the molecule is COC(=O)c1ccc(OC(=O)NC/C=C(\C)CCC=C(C)C)cc1. The third-order valence-electron chi connectivity index (χ3n) is 3.27. The Morgan fingerprint density at radius 1 is 1.08 bits per heavy atom. The summed E-state index contributed by atoms with van der Waals surface area (Å²) >= 11 is 0. The second kappa shape index (κ2) is 10.3. The quantitative estimate of drug-likeness (QED) is 0.599. The molecule has 0 heterocycles. The van der Waals surface area contributed by atoms with Gasteiger partial charge in [0.1, 0.15) is 5.75 Å². The normalized spacial score (nSPS) is 10.8. The van der Waals surface area contributed by atoms with Crippen LogP contribution in [-0.2, 0) is 4.74 Å². The van der Waals surface area contributed by atoms with E-state index in [1.807, 2.05) is 13.0 Å². The van der Waals surface area contributed by atoms with Gasteiger partial charge in [-0.15, -0.1) is 0 Å². The third-order valence-corrected chi connectivity index (χ3v) is 3.27. The average Bonchev–Trinajstić information content (AvgIpc) is 2.54. The number of carbonyl (C=O) groups excluding carboxylic acids is 2. The molecule has 130 valence electrons. The first-order valence-corrected chi connectivity index (χ1v) is 7.85. The molecule has 0 unspecified atom stereocenters. The van der Waals surface area contributed by atoms with Gasteiger partial charge in [0.15, 0.2) is 0 Å². The number of amides is 1. The van der Waals surface area contributed by atoms with Crippen LogP contribution in [0.2, 0.25) is 0 Å². The number of benzene rings is 1. The molecule has 1 aromatic rings. The highest BCUT2D eigenvalue weighted by Crippen LogP contribution is 2.13. The van der Waals surface area contributed by atoms with E-state index >= 15 is 0 Å². The fourth-order valence-electron chi connectivity index (χ4n) is 1.92. The summed E-state index contributed by atoms with van der Waals surface area (Å²) in [6.07, 6.45) is 5.60. The van der Waals surface area contributed by atoms with Crippen LogP contribution >= 0.6 is 0 Å². The minimum atomic E-state index is -0.533. The third kappa shape index (κ3) is 7.63. The van der Waals surface area contributed by atoms with E-state index in [4.69, 9.17) is 4.74 Å². The van der Waals surface area contributed by atoms with E-state index in [0.717, 1.165) is 12.8 Å². The molecule has 0 saturated carbocycles. The number of allylic oxidation sites excluding steroid dienone is 3. The van der Waals surface area contributed by atoms with Crippen LogP contribution in [0.4, 0.5) is 4.79 Å². The van der Waals surface area contributed by atoms with Gasteiger partial charge < -0.3 is 14.8 Å². The number of hydrogen-bond acceptors (Lipinski definition) is 4. The second-order valence-corrected chi connectivity index (χ2v) is 5.66. The Morgan fingerprint density at radius 3 is 2.33 bits per heavy atom. The van der Waals surface area contributed by atoms with Crippen LogP contribution < -0.4 is 10.1 Å². The molecule has 0 bridgehead atoms. The minimum Gasteiger partial charge on any atom is -0.465 e. The lowest BCUT2D eigenvalue weighted by atomic mass is 10.1. The summed E-state index contributed by atoms with van der Waals surface area (Å²) in [5.74, 6) is -0.0656. The van der Waals surface area contributed by atoms with Gasteiger partial charge in [-0.1, -0.05) is 23.3 Å². The first-order valence-electron chi connectivity index (χ1n) is 7.85. The smallest absolute Gasteiger partial charge is 0.412 e. The predicted molar refractivity (Wildman–Crippen MR) is 94.2 cm³/mol. The number of nitrogens with one attached hydrogen (secondary N) is 1. The van der Waals surface area contributed by atoms with E-state index in [0.29, 0.717) is 17.9 Å². The Morgan fingerprint density at radius 2 is 1.75 bits per heavy atom.